The standard InChI is InChI=1S/C20H38NO6P/c1-3-18(22)12-10-8-6-4-5-7-9-11-13-20(24)21-15-19(23)14-17(21)16-27-28(2,25)26/h17,19,23H,3-16H2,1-2H3,(H,25,26)/t17-,19+/m1/s1. The van der Waals surface area contributed by atoms with E-state index in [1.54, 1.807) is 4.90 Å². The van der Waals surface area contributed by atoms with Gasteiger partial charge in [0, 0.05) is 32.5 Å². The largest absolute Gasteiger partial charge is 0.391 e. The SMILES string of the molecule is CCC(=O)CCCCCCCCCCC(=O)N1C[C@@H](O)C[C@@H]1COP(C)(=O)O. The van der Waals surface area contributed by atoms with Crippen LogP contribution in [0.5, 0.6) is 0 Å². The number of hydrogen-bond donors (Lipinski definition) is 2. The summed E-state index contributed by atoms with van der Waals surface area (Å²) in [5.41, 5.74) is 0. The second-order valence-corrected chi connectivity index (χ2v) is 9.77. The Morgan fingerprint density at radius 3 is 2.11 bits per heavy atom. The molecule has 1 fully saturated rings. The van der Waals surface area contributed by atoms with Crippen molar-refractivity contribution in [1.29, 1.82) is 0 Å². The number of aliphatic hydroxyl groups is 1. The number of aliphatic hydroxyl groups excluding tert-OH is 1. The van der Waals surface area contributed by atoms with Gasteiger partial charge in [0.15, 0.2) is 0 Å². The third-order valence-corrected chi connectivity index (χ3v) is 5.84. The van der Waals surface area contributed by atoms with E-state index in [0.29, 0.717) is 31.5 Å². The number of Topliss-reactive ketones (excluding diaryl/α,β-unsaturated/α-hetero) is 1. The van der Waals surface area contributed by atoms with Crippen molar-refractivity contribution in [2.45, 2.75) is 96.1 Å². The maximum atomic E-state index is 12.4. The van der Waals surface area contributed by atoms with Crippen molar-refractivity contribution < 1.29 is 28.7 Å². The van der Waals surface area contributed by atoms with E-state index in [9.17, 15) is 24.2 Å². The lowest BCUT2D eigenvalue weighted by Gasteiger charge is -2.24. The summed E-state index contributed by atoms with van der Waals surface area (Å²) >= 11 is 0. The normalized spacial score (nSPS) is 21.6. The van der Waals surface area contributed by atoms with E-state index in [1.165, 1.54) is 6.42 Å². The lowest BCUT2D eigenvalue weighted by Crippen LogP contribution is -2.38. The van der Waals surface area contributed by atoms with Gasteiger partial charge in [0.25, 0.3) is 0 Å². The van der Waals surface area contributed by atoms with Gasteiger partial charge >= 0.3 is 7.60 Å². The van der Waals surface area contributed by atoms with Gasteiger partial charge in [0.05, 0.1) is 18.8 Å². The molecule has 1 aliphatic heterocycles. The molecule has 164 valence electrons. The summed E-state index contributed by atoms with van der Waals surface area (Å²) < 4.78 is 16.2. The molecule has 2 N–H and O–H groups in total. The van der Waals surface area contributed by atoms with E-state index in [-0.39, 0.29) is 25.1 Å². The maximum Gasteiger partial charge on any atom is 0.325 e. The number of carbonyl (C=O) groups is 2. The van der Waals surface area contributed by atoms with Crippen LogP contribution in [0.3, 0.4) is 0 Å². The molecule has 0 aromatic carbocycles. The Kier molecular flexibility index (Phi) is 12.2. The number of β-amino-alcohol motifs (C(OH)–C–C–N with tert-alkyl or cyclic N) is 1. The summed E-state index contributed by atoms with van der Waals surface area (Å²) in [6.07, 6.45) is 10.1. The molecule has 0 bridgehead atoms. The first kappa shape index (κ1) is 25.3. The minimum Gasteiger partial charge on any atom is -0.391 e. The third kappa shape index (κ3) is 11.3. The van der Waals surface area contributed by atoms with Gasteiger partial charge in [0.1, 0.15) is 5.78 Å². The van der Waals surface area contributed by atoms with Gasteiger partial charge in [-0.25, -0.2) is 0 Å². The van der Waals surface area contributed by atoms with Gasteiger partial charge in [-0.3, -0.25) is 14.2 Å². The van der Waals surface area contributed by atoms with Crippen LogP contribution >= 0.6 is 7.60 Å². The quantitative estimate of drug-likeness (QED) is 0.310. The van der Waals surface area contributed by atoms with E-state index in [1.807, 2.05) is 6.92 Å². The smallest absolute Gasteiger partial charge is 0.325 e. The van der Waals surface area contributed by atoms with E-state index in [0.717, 1.165) is 51.6 Å². The molecule has 1 aliphatic rings. The predicted molar refractivity (Wildman–Crippen MR) is 109 cm³/mol. The summed E-state index contributed by atoms with van der Waals surface area (Å²) in [7, 11) is -3.58. The Morgan fingerprint density at radius 1 is 1.04 bits per heavy atom. The second kappa shape index (κ2) is 13.5. The number of amides is 1. The minimum absolute atomic E-state index is 0.0169. The highest BCUT2D eigenvalue weighted by molar-refractivity contribution is 7.51. The molecule has 0 radical (unpaired) electrons. The number of carbonyl (C=O) groups excluding carboxylic acids is 2. The molecule has 0 aromatic rings. The molecule has 1 saturated heterocycles. The van der Waals surface area contributed by atoms with Crippen LogP contribution in [0.1, 0.15) is 84.0 Å². The van der Waals surface area contributed by atoms with Gasteiger partial charge in [-0.1, -0.05) is 45.4 Å². The molecular weight excluding hydrogens is 381 g/mol. The number of nitrogens with zero attached hydrogens (tertiary/aromatic N) is 1. The summed E-state index contributed by atoms with van der Waals surface area (Å²) in [4.78, 5) is 34.5. The van der Waals surface area contributed by atoms with Crippen molar-refractivity contribution in [3.63, 3.8) is 0 Å². The molecule has 1 unspecified atom stereocenters. The Bertz CT molecular complexity index is 521. The van der Waals surface area contributed by atoms with Crippen molar-refractivity contribution in [1.82, 2.24) is 4.90 Å². The summed E-state index contributed by atoms with van der Waals surface area (Å²) in [6.45, 7) is 3.28. The van der Waals surface area contributed by atoms with Gasteiger partial charge < -0.3 is 19.4 Å². The zero-order valence-electron chi connectivity index (χ0n) is 17.5. The molecule has 0 aromatic heterocycles. The molecule has 0 spiro atoms. The molecule has 3 atom stereocenters. The van der Waals surface area contributed by atoms with Gasteiger partial charge in [-0.05, 0) is 19.3 Å². The molecule has 1 heterocycles. The van der Waals surface area contributed by atoms with Crippen LogP contribution < -0.4 is 0 Å². The molecule has 8 heteroatoms. The minimum atomic E-state index is -3.58. The van der Waals surface area contributed by atoms with Crippen LogP contribution in [0.25, 0.3) is 0 Å². The highest BCUT2D eigenvalue weighted by Gasteiger charge is 2.34. The average Bonchev–Trinajstić information content (AvgIpc) is 3.01. The zero-order valence-corrected chi connectivity index (χ0v) is 18.4. The van der Waals surface area contributed by atoms with Gasteiger partial charge in [0.2, 0.25) is 5.91 Å². The lowest BCUT2D eigenvalue weighted by molar-refractivity contribution is -0.133. The van der Waals surface area contributed by atoms with Crippen LogP contribution in [-0.4, -0.2) is 58.6 Å². The average molecular weight is 419 g/mol. The predicted octanol–water partition coefficient (Wildman–Crippen LogP) is 3.66. The Balaban J connectivity index is 2.10. The molecule has 1 amide bonds. The molecule has 1 rings (SSSR count). The second-order valence-electron chi connectivity index (χ2n) is 7.91. The van der Waals surface area contributed by atoms with Crippen LogP contribution in [0.4, 0.5) is 0 Å². The molecule has 0 saturated carbocycles. The molecular formula is C20H38NO6P. The van der Waals surface area contributed by atoms with Crippen molar-refractivity contribution >= 4 is 19.3 Å². The topological polar surface area (TPSA) is 104 Å². The first-order valence-corrected chi connectivity index (χ1v) is 12.7. The van der Waals surface area contributed by atoms with E-state index >= 15 is 0 Å². The summed E-state index contributed by atoms with van der Waals surface area (Å²) in [5, 5.41) is 9.82. The molecule has 0 aliphatic carbocycles. The summed E-state index contributed by atoms with van der Waals surface area (Å²) in [5.74, 6) is 0.332. The Morgan fingerprint density at radius 2 is 1.57 bits per heavy atom. The highest BCUT2D eigenvalue weighted by atomic mass is 31.2. The van der Waals surface area contributed by atoms with Crippen LogP contribution in [0, 0.1) is 0 Å². The molecule has 28 heavy (non-hydrogen) atoms. The maximum absolute atomic E-state index is 12.4. The molecule has 7 nitrogen and oxygen atoms in total. The number of likely N-dealkylation sites (tertiary alicyclic amines) is 1. The van der Waals surface area contributed by atoms with Crippen molar-refractivity contribution in [2.24, 2.45) is 0 Å². The fourth-order valence-electron chi connectivity index (χ4n) is 3.56. The van der Waals surface area contributed by atoms with Crippen LogP contribution in [0.2, 0.25) is 0 Å². The number of ketones is 1. The van der Waals surface area contributed by atoms with E-state index < -0.39 is 13.7 Å². The number of hydrogen-bond acceptors (Lipinski definition) is 5. The first-order chi connectivity index (χ1) is 13.2. The zero-order chi connectivity index (χ0) is 21.0. The van der Waals surface area contributed by atoms with Crippen LogP contribution in [-0.2, 0) is 18.7 Å². The monoisotopic (exact) mass is 419 g/mol. The third-order valence-electron chi connectivity index (χ3n) is 5.21. The first-order valence-electron chi connectivity index (χ1n) is 10.7. The van der Waals surface area contributed by atoms with Crippen LogP contribution in [0.15, 0.2) is 0 Å². The lowest BCUT2D eigenvalue weighted by atomic mass is 10.0. The van der Waals surface area contributed by atoms with E-state index in [2.05, 4.69) is 0 Å². The number of rotatable bonds is 15. The number of unbranched alkanes of at least 4 members (excludes halogenated alkanes) is 7. The fraction of sp³-hybridized carbons (Fsp3) is 0.900. The highest BCUT2D eigenvalue weighted by Crippen LogP contribution is 2.37. The summed E-state index contributed by atoms with van der Waals surface area (Å²) in [6, 6.07) is -0.331. The van der Waals surface area contributed by atoms with Crippen molar-refractivity contribution in [2.75, 3.05) is 19.8 Å². The van der Waals surface area contributed by atoms with Gasteiger partial charge in [-0.15, -0.1) is 0 Å². The van der Waals surface area contributed by atoms with Gasteiger partial charge in [-0.2, -0.15) is 0 Å². The van der Waals surface area contributed by atoms with Crippen molar-refractivity contribution in [3.05, 3.63) is 0 Å². The van der Waals surface area contributed by atoms with E-state index in [4.69, 9.17) is 4.52 Å². The Labute approximate surface area is 169 Å². The van der Waals surface area contributed by atoms with Crippen molar-refractivity contribution in [3.8, 4) is 0 Å². The Hall–Kier alpha value is -0.750. The fourth-order valence-corrected chi connectivity index (χ4v) is 4.01.